The fraction of sp³-hybridized carbons (Fsp3) is 0.294. The third-order valence-electron chi connectivity index (χ3n) is 8.27. The molecule has 2 aromatic carbocycles. The van der Waals surface area contributed by atoms with Crippen LogP contribution in [-0.2, 0) is 52.0 Å². The number of nitrogens with zero attached hydrogens (tertiary/aromatic N) is 9. The van der Waals surface area contributed by atoms with Gasteiger partial charge in [0.1, 0.15) is 41.0 Å². The number of aryl methyl sites for hydroxylation is 2. The van der Waals surface area contributed by atoms with Gasteiger partial charge in [0, 0.05) is 60.5 Å². The van der Waals surface area contributed by atoms with Crippen molar-refractivity contribution in [3.8, 4) is 0 Å². The monoisotopic (exact) mass is 770 g/mol. The van der Waals surface area contributed by atoms with Gasteiger partial charge in [-0.3, -0.25) is 0 Å². The van der Waals surface area contributed by atoms with Crippen LogP contribution in [0.3, 0.4) is 0 Å². The number of ether oxygens (including phenoxy) is 1. The van der Waals surface area contributed by atoms with Gasteiger partial charge in [0.15, 0.2) is 0 Å². The van der Waals surface area contributed by atoms with E-state index in [2.05, 4.69) is 24.7 Å². The van der Waals surface area contributed by atoms with Crippen LogP contribution in [0.1, 0.15) is 11.1 Å². The molecule has 6 aromatic rings. The third-order valence-corrected chi connectivity index (χ3v) is 10.1. The van der Waals surface area contributed by atoms with E-state index in [4.69, 9.17) is 4.74 Å². The molecule has 4 aromatic heterocycles. The van der Waals surface area contributed by atoms with Crippen LogP contribution in [0, 0.1) is 11.6 Å². The van der Waals surface area contributed by atoms with Crippen LogP contribution in [0.15, 0.2) is 73.6 Å². The van der Waals surface area contributed by atoms with Crippen molar-refractivity contribution in [1.29, 1.82) is 0 Å². The zero-order valence-corrected chi connectivity index (χ0v) is 31.8. The van der Waals surface area contributed by atoms with E-state index in [1.165, 1.54) is 19.2 Å². The molecule has 0 aliphatic rings. The van der Waals surface area contributed by atoms with Crippen LogP contribution in [0.4, 0.5) is 31.8 Å². The predicted molar refractivity (Wildman–Crippen MR) is 200 cm³/mol. The summed E-state index contributed by atoms with van der Waals surface area (Å²) >= 11 is 0. The Labute approximate surface area is 306 Å². The number of sulfonamides is 2. The second-order valence-electron chi connectivity index (χ2n) is 12.3. The highest BCUT2D eigenvalue weighted by atomic mass is 32.2. The van der Waals surface area contributed by atoms with E-state index < -0.39 is 31.7 Å². The Kier molecular flexibility index (Phi) is 11.7. The molecule has 0 fully saturated rings. The van der Waals surface area contributed by atoms with Crippen LogP contribution < -0.4 is 14.5 Å². The highest BCUT2D eigenvalue weighted by molar-refractivity contribution is 7.88. The summed E-state index contributed by atoms with van der Waals surface area (Å²) in [5.41, 5.74) is 5.04. The standard InChI is InChI=1S/C18H22FN5O3S.C16H18FN5O2S/c1-22-11-21-15-9-20-18(8-17(15)22)23(2)16-6-5-13(7-14(16)19)10-24(12-27-3)28(4,25)26;1-21-10-19-13-9-18-16(7-15(13)21)22(2)14-5-4-11(6-12(14)17)8-20-25(3,23)24/h5-9,11H,10,12H2,1-4H3;4-7,9-10,20H,8H2,1-3H3. The molecule has 0 saturated carbocycles. The molecule has 0 radical (unpaired) electrons. The smallest absolute Gasteiger partial charge is 0.213 e. The molecule has 1 N–H and O–H groups in total. The van der Waals surface area contributed by atoms with Gasteiger partial charge in [-0.05, 0) is 35.4 Å². The minimum atomic E-state index is -3.47. The summed E-state index contributed by atoms with van der Waals surface area (Å²) in [6.45, 7) is -0.0392. The molecule has 0 atom stereocenters. The lowest BCUT2D eigenvalue weighted by Crippen LogP contribution is -2.31. The summed E-state index contributed by atoms with van der Waals surface area (Å²) < 4.78 is 87.2. The zero-order valence-electron chi connectivity index (χ0n) is 30.2. The van der Waals surface area contributed by atoms with Crippen LogP contribution >= 0.6 is 0 Å². The summed E-state index contributed by atoms with van der Waals surface area (Å²) in [4.78, 5) is 20.4. The van der Waals surface area contributed by atoms with Crippen molar-refractivity contribution >= 4 is 65.1 Å². The molecular formula is C34H40F2N10O5S2. The van der Waals surface area contributed by atoms with Crippen LogP contribution in [-0.4, -0.2) is 90.7 Å². The van der Waals surface area contributed by atoms with Gasteiger partial charge in [-0.2, -0.15) is 4.31 Å². The van der Waals surface area contributed by atoms with Gasteiger partial charge in [-0.25, -0.2) is 50.3 Å². The van der Waals surface area contributed by atoms with E-state index >= 15 is 0 Å². The number of nitrogens with one attached hydrogen (secondary N) is 1. The quantitative estimate of drug-likeness (QED) is 0.178. The Balaban J connectivity index is 0.000000206. The number of anilines is 4. The fourth-order valence-corrected chi connectivity index (χ4v) is 6.44. The van der Waals surface area contributed by atoms with Gasteiger partial charge < -0.3 is 23.7 Å². The second kappa shape index (κ2) is 15.9. The molecule has 0 amide bonds. The lowest BCUT2D eigenvalue weighted by Gasteiger charge is -2.21. The summed E-state index contributed by atoms with van der Waals surface area (Å²) in [6, 6.07) is 12.9. The van der Waals surface area contributed by atoms with Gasteiger partial charge >= 0.3 is 0 Å². The number of aromatic nitrogens is 6. The largest absolute Gasteiger partial charge is 0.368 e. The number of halogens is 2. The molecule has 53 heavy (non-hydrogen) atoms. The first-order valence-electron chi connectivity index (χ1n) is 15.9. The number of pyridine rings is 2. The summed E-state index contributed by atoms with van der Waals surface area (Å²) in [5.74, 6) is 0.219. The Hall–Kier alpha value is -5.08. The van der Waals surface area contributed by atoms with Gasteiger partial charge in [-0.15, -0.1) is 0 Å². The maximum absolute atomic E-state index is 14.8. The lowest BCUT2D eigenvalue weighted by atomic mass is 10.2. The van der Waals surface area contributed by atoms with Crippen molar-refractivity contribution in [3.63, 3.8) is 0 Å². The average Bonchev–Trinajstić information content (AvgIpc) is 3.67. The van der Waals surface area contributed by atoms with E-state index in [0.717, 1.165) is 38.9 Å². The van der Waals surface area contributed by atoms with Crippen molar-refractivity contribution in [2.45, 2.75) is 13.1 Å². The molecular weight excluding hydrogens is 731 g/mol. The van der Waals surface area contributed by atoms with Crippen LogP contribution in [0.25, 0.3) is 22.1 Å². The summed E-state index contributed by atoms with van der Waals surface area (Å²) in [7, 11) is 1.80. The molecule has 19 heteroatoms. The van der Waals surface area contributed by atoms with Crippen molar-refractivity contribution in [1.82, 2.24) is 38.1 Å². The van der Waals surface area contributed by atoms with E-state index in [1.54, 1.807) is 73.2 Å². The van der Waals surface area contributed by atoms with Crippen molar-refractivity contribution in [3.05, 3.63) is 96.3 Å². The third kappa shape index (κ3) is 9.48. The van der Waals surface area contributed by atoms with Crippen molar-refractivity contribution < 1.29 is 30.4 Å². The normalized spacial score (nSPS) is 12.0. The van der Waals surface area contributed by atoms with Crippen LogP contribution in [0.5, 0.6) is 0 Å². The maximum atomic E-state index is 14.8. The lowest BCUT2D eigenvalue weighted by molar-refractivity contribution is 0.114. The Bertz CT molecular complexity index is 2470. The number of imidazole rings is 2. The highest BCUT2D eigenvalue weighted by Crippen LogP contribution is 2.29. The van der Waals surface area contributed by atoms with E-state index in [9.17, 15) is 25.6 Å². The average molecular weight is 771 g/mol. The van der Waals surface area contributed by atoms with Gasteiger partial charge in [0.25, 0.3) is 0 Å². The minimum Gasteiger partial charge on any atom is -0.368 e. The molecule has 15 nitrogen and oxygen atoms in total. The van der Waals surface area contributed by atoms with E-state index in [-0.39, 0.29) is 19.8 Å². The molecule has 0 aliphatic carbocycles. The topological polar surface area (TPSA) is 161 Å². The SMILES string of the molecule is CN(c1cc2c(cn1)ncn2C)c1ccc(CNS(C)(=O)=O)cc1F.COCN(Cc1ccc(N(C)c2cc3c(cn2)ncn3C)c(F)c1)S(C)(=O)=O. The number of benzene rings is 2. The number of hydrogen-bond donors (Lipinski definition) is 1. The molecule has 6 rings (SSSR count). The first-order valence-corrected chi connectivity index (χ1v) is 19.7. The number of methoxy groups -OCH3 is 1. The first-order chi connectivity index (χ1) is 24.9. The Morgan fingerprint density at radius 2 is 1.21 bits per heavy atom. The van der Waals surface area contributed by atoms with Crippen LogP contribution in [0.2, 0.25) is 0 Å². The highest BCUT2D eigenvalue weighted by Gasteiger charge is 2.19. The summed E-state index contributed by atoms with van der Waals surface area (Å²) in [6.07, 6.45) is 8.82. The second-order valence-corrected chi connectivity index (χ2v) is 16.2. The van der Waals surface area contributed by atoms with Gasteiger partial charge in [-0.1, -0.05) is 12.1 Å². The van der Waals surface area contributed by atoms with Gasteiger partial charge in [0.05, 0.1) is 60.0 Å². The Morgan fingerprint density at radius 1 is 0.736 bits per heavy atom. The van der Waals surface area contributed by atoms with Gasteiger partial charge in [0.2, 0.25) is 20.0 Å². The predicted octanol–water partition coefficient (Wildman–Crippen LogP) is 4.17. The molecule has 0 unspecified atom stereocenters. The van der Waals surface area contributed by atoms with Crippen molar-refractivity contribution in [2.24, 2.45) is 14.1 Å². The van der Waals surface area contributed by atoms with E-state index in [0.29, 0.717) is 34.1 Å². The molecule has 282 valence electrons. The first kappa shape index (κ1) is 39.1. The van der Waals surface area contributed by atoms with E-state index in [1.807, 2.05) is 35.4 Å². The maximum Gasteiger partial charge on any atom is 0.213 e. The summed E-state index contributed by atoms with van der Waals surface area (Å²) in [5, 5.41) is 0. The molecule has 0 saturated heterocycles. The minimum absolute atomic E-state index is 0.0207. The molecule has 0 aliphatic heterocycles. The number of hydrogen-bond acceptors (Lipinski definition) is 11. The fourth-order valence-electron chi connectivity index (χ4n) is 5.33. The number of rotatable bonds is 12. The zero-order chi connectivity index (χ0) is 38.7. The Morgan fingerprint density at radius 3 is 1.64 bits per heavy atom. The van der Waals surface area contributed by atoms with Crippen molar-refractivity contribution in [2.75, 3.05) is 50.2 Å². The molecule has 0 bridgehead atoms. The molecule has 4 heterocycles. The molecule has 0 spiro atoms. The number of fused-ring (bicyclic) bond motifs is 2.